The molecule has 0 spiro atoms. The third-order valence-electron chi connectivity index (χ3n) is 3.34. The maximum Gasteiger partial charge on any atom is 0.208 e. The molecule has 2 rings (SSSR count). The lowest BCUT2D eigenvalue weighted by Crippen LogP contribution is -2.46. The van der Waals surface area contributed by atoms with Crippen molar-refractivity contribution < 1.29 is 9.15 Å². The van der Waals surface area contributed by atoms with Gasteiger partial charge in [-0.05, 0) is 33.6 Å². The first-order valence-electron chi connectivity index (χ1n) is 5.85. The molecule has 1 aliphatic rings. The predicted octanol–water partition coefficient (Wildman–Crippen LogP) is 1.95. The van der Waals surface area contributed by atoms with Crippen molar-refractivity contribution in [2.75, 3.05) is 13.2 Å². The molecule has 1 fully saturated rings. The number of hydrogen-bond acceptors (Lipinski definition) is 4. The summed E-state index contributed by atoms with van der Waals surface area (Å²) in [6.07, 6.45) is 2.09. The fraction of sp³-hybridized carbons (Fsp3) is 0.750. The second-order valence-electron chi connectivity index (χ2n) is 4.78. The lowest BCUT2D eigenvalue weighted by molar-refractivity contribution is 0.0437. The molecule has 1 aromatic heterocycles. The van der Waals surface area contributed by atoms with Crippen LogP contribution in [-0.4, -0.2) is 23.7 Å². The van der Waals surface area contributed by atoms with E-state index in [0.717, 1.165) is 43.4 Å². The number of aromatic nitrogens is 1. The molecule has 0 aliphatic carbocycles. The summed E-state index contributed by atoms with van der Waals surface area (Å²) in [5.74, 6) is 1.69. The van der Waals surface area contributed by atoms with Crippen LogP contribution in [0.2, 0.25) is 0 Å². The van der Waals surface area contributed by atoms with Crippen molar-refractivity contribution in [1.29, 1.82) is 0 Å². The van der Waals surface area contributed by atoms with E-state index in [1.165, 1.54) is 0 Å². The fourth-order valence-corrected chi connectivity index (χ4v) is 1.90. The zero-order valence-corrected chi connectivity index (χ0v) is 10.3. The van der Waals surface area contributed by atoms with E-state index in [9.17, 15) is 0 Å². The second-order valence-corrected chi connectivity index (χ2v) is 4.78. The topological polar surface area (TPSA) is 47.3 Å². The summed E-state index contributed by atoms with van der Waals surface area (Å²) in [6, 6.07) is 0. The lowest BCUT2D eigenvalue weighted by Gasteiger charge is -2.34. The lowest BCUT2D eigenvalue weighted by atomic mass is 9.92. The Hall–Kier alpha value is -0.870. The summed E-state index contributed by atoms with van der Waals surface area (Å²) in [5.41, 5.74) is 1.14. The first-order valence-corrected chi connectivity index (χ1v) is 5.85. The Balaban J connectivity index is 1.91. The van der Waals surface area contributed by atoms with Gasteiger partial charge in [-0.2, -0.15) is 0 Å². The molecule has 16 heavy (non-hydrogen) atoms. The average Bonchev–Trinajstić information content (AvgIpc) is 2.57. The summed E-state index contributed by atoms with van der Waals surface area (Å²) in [4.78, 5) is 4.37. The van der Waals surface area contributed by atoms with Crippen molar-refractivity contribution >= 4 is 0 Å². The monoisotopic (exact) mass is 224 g/mol. The van der Waals surface area contributed by atoms with Crippen LogP contribution in [0.4, 0.5) is 0 Å². The van der Waals surface area contributed by atoms with Crippen molar-refractivity contribution in [2.45, 2.75) is 45.7 Å². The minimum Gasteiger partial charge on any atom is -0.444 e. The number of rotatable bonds is 3. The van der Waals surface area contributed by atoms with Gasteiger partial charge in [0.2, 0.25) is 5.89 Å². The van der Waals surface area contributed by atoms with Gasteiger partial charge in [0.05, 0.1) is 12.2 Å². The minimum atomic E-state index is 0.161. The molecule has 1 aromatic rings. The van der Waals surface area contributed by atoms with Crippen LogP contribution in [0.25, 0.3) is 0 Å². The standard InChI is InChI=1S/C12H20N2O2/c1-9-10(2)16-11(14-9)8-13-12(3)4-6-15-7-5-12/h13H,4-8H2,1-3H3. The third kappa shape index (κ3) is 2.62. The van der Waals surface area contributed by atoms with E-state index in [1.807, 2.05) is 13.8 Å². The molecule has 1 saturated heterocycles. The SMILES string of the molecule is Cc1nc(CNC2(C)CCOCC2)oc1C. The van der Waals surface area contributed by atoms with E-state index in [2.05, 4.69) is 17.2 Å². The van der Waals surface area contributed by atoms with Gasteiger partial charge in [0.1, 0.15) is 5.76 Å². The Morgan fingerprint density at radius 2 is 2.00 bits per heavy atom. The number of nitrogens with one attached hydrogen (secondary N) is 1. The smallest absolute Gasteiger partial charge is 0.208 e. The molecule has 0 amide bonds. The molecule has 1 N–H and O–H groups in total. The molecule has 0 atom stereocenters. The van der Waals surface area contributed by atoms with Crippen LogP contribution in [0.5, 0.6) is 0 Å². The molecule has 0 unspecified atom stereocenters. The molecule has 0 aromatic carbocycles. The summed E-state index contributed by atoms with van der Waals surface area (Å²) in [7, 11) is 0. The van der Waals surface area contributed by atoms with Gasteiger partial charge in [0.25, 0.3) is 0 Å². The minimum absolute atomic E-state index is 0.161. The number of nitrogens with zero attached hydrogens (tertiary/aromatic N) is 1. The van der Waals surface area contributed by atoms with Crippen molar-refractivity contribution in [3.8, 4) is 0 Å². The Bertz CT molecular complexity index is 334. The van der Waals surface area contributed by atoms with Gasteiger partial charge >= 0.3 is 0 Å². The Kier molecular flexibility index (Phi) is 3.30. The first kappa shape index (κ1) is 11.6. The van der Waals surface area contributed by atoms with E-state index < -0.39 is 0 Å². The molecule has 0 radical (unpaired) electrons. The Morgan fingerprint density at radius 1 is 1.31 bits per heavy atom. The van der Waals surface area contributed by atoms with Crippen molar-refractivity contribution in [3.05, 3.63) is 17.3 Å². The highest BCUT2D eigenvalue weighted by molar-refractivity contribution is 5.05. The highest BCUT2D eigenvalue weighted by Gasteiger charge is 2.26. The maximum absolute atomic E-state index is 5.55. The molecule has 0 bridgehead atoms. The van der Waals surface area contributed by atoms with Crippen LogP contribution in [-0.2, 0) is 11.3 Å². The van der Waals surface area contributed by atoms with Crippen LogP contribution in [0, 0.1) is 13.8 Å². The van der Waals surface area contributed by atoms with Crippen LogP contribution >= 0.6 is 0 Å². The molecule has 4 heteroatoms. The summed E-state index contributed by atoms with van der Waals surface area (Å²) < 4.78 is 10.9. The van der Waals surface area contributed by atoms with E-state index in [1.54, 1.807) is 0 Å². The number of hydrogen-bond donors (Lipinski definition) is 1. The van der Waals surface area contributed by atoms with Crippen LogP contribution < -0.4 is 5.32 Å². The summed E-state index contributed by atoms with van der Waals surface area (Å²) >= 11 is 0. The second kappa shape index (κ2) is 4.55. The molecule has 0 saturated carbocycles. The molecule has 1 aliphatic heterocycles. The van der Waals surface area contributed by atoms with Crippen LogP contribution in [0.15, 0.2) is 4.42 Å². The molecule has 4 nitrogen and oxygen atoms in total. The number of aryl methyl sites for hydroxylation is 2. The van der Waals surface area contributed by atoms with Gasteiger partial charge in [-0.25, -0.2) is 4.98 Å². The normalized spacial score (nSPS) is 19.9. The Labute approximate surface area is 96.4 Å². The summed E-state index contributed by atoms with van der Waals surface area (Å²) in [6.45, 7) is 8.53. The van der Waals surface area contributed by atoms with Gasteiger partial charge in [-0.15, -0.1) is 0 Å². The Morgan fingerprint density at radius 3 is 2.56 bits per heavy atom. The zero-order chi connectivity index (χ0) is 11.6. The highest BCUT2D eigenvalue weighted by atomic mass is 16.5. The first-order chi connectivity index (χ1) is 7.59. The molecular weight excluding hydrogens is 204 g/mol. The van der Waals surface area contributed by atoms with E-state index in [0.29, 0.717) is 6.54 Å². The van der Waals surface area contributed by atoms with Gasteiger partial charge in [0.15, 0.2) is 0 Å². The van der Waals surface area contributed by atoms with Crippen LogP contribution in [0.1, 0.15) is 37.1 Å². The molecule has 2 heterocycles. The van der Waals surface area contributed by atoms with E-state index >= 15 is 0 Å². The predicted molar refractivity (Wildman–Crippen MR) is 61.3 cm³/mol. The zero-order valence-electron chi connectivity index (χ0n) is 10.3. The highest BCUT2D eigenvalue weighted by Crippen LogP contribution is 2.20. The summed E-state index contributed by atoms with van der Waals surface area (Å²) in [5, 5.41) is 3.52. The van der Waals surface area contributed by atoms with E-state index in [4.69, 9.17) is 9.15 Å². The third-order valence-corrected chi connectivity index (χ3v) is 3.34. The van der Waals surface area contributed by atoms with Gasteiger partial charge < -0.3 is 14.5 Å². The molecule has 90 valence electrons. The fourth-order valence-electron chi connectivity index (χ4n) is 1.90. The average molecular weight is 224 g/mol. The largest absolute Gasteiger partial charge is 0.444 e. The van der Waals surface area contributed by atoms with Crippen molar-refractivity contribution in [3.63, 3.8) is 0 Å². The quantitative estimate of drug-likeness (QED) is 0.852. The molecular formula is C12H20N2O2. The maximum atomic E-state index is 5.55. The van der Waals surface area contributed by atoms with Crippen molar-refractivity contribution in [1.82, 2.24) is 10.3 Å². The number of oxazole rings is 1. The van der Waals surface area contributed by atoms with Crippen LogP contribution in [0.3, 0.4) is 0 Å². The number of ether oxygens (including phenoxy) is 1. The van der Waals surface area contributed by atoms with E-state index in [-0.39, 0.29) is 5.54 Å². The van der Waals surface area contributed by atoms with Crippen molar-refractivity contribution in [2.24, 2.45) is 0 Å². The van der Waals surface area contributed by atoms with Gasteiger partial charge in [-0.1, -0.05) is 0 Å². The van der Waals surface area contributed by atoms with Gasteiger partial charge in [-0.3, -0.25) is 0 Å². The van der Waals surface area contributed by atoms with Gasteiger partial charge in [0, 0.05) is 18.8 Å².